The number of aryl methyl sites for hydroxylation is 1. The molecular weight excluding hydrogens is 422 g/mol. The van der Waals surface area contributed by atoms with Gasteiger partial charge in [-0.1, -0.05) is 29.8 Å². The van der Waals surface area contributed by atoms with Gasteiger partial charge in [-0.25, -0.2) is 0 Å². The van der Waals surface area contributed by atoms with Gasteiger partial charge >= 0.3 is 0 Å². The number of halogens is 1. The summed E-state index contributed by atoms with van der Waals surface area (Å²) in [5.41, 5.74) is 3.22. The highest BCUT2D eigenvalue weighted by atomic mass is 79.9. The summed E-state index contributed by atoms with van der Waals surface area (Å²) in [5, 5.41) is 12.1. The van der Waals surface area contributed by atoms with Crippen LogP contribution < -0.4 is 14.8 Å². The molecule has 0 spiro atoms. The van der Waals surface area contributed by atoms with Crippen LogP contribution in [0.15, 0.2) is 65.1 Å². The Hall–Kier alpha value is -2.99. The van der Waals surface area contributed by atoms with Crippen LogP contribution in [0.25, 0.3) is 0 Å². The lowest BCUT2D eigenvalue weighted by Gasteiger charge is -2.15. The van der Waals surface area contributed by atoms with Gasteiger partial charge in [0, 0.05) is 11.3 Å². The van der Waals surface area contributed by atoms with Crippen molar-refractivity contribution in [3.8, 4) is 17.2 Å². The quantitative estimate of drug-likeness (QED) is 0.509. The van der Waals surface area contributed by atoms with Crippen molar-refractivity contribution in [2.45, 2.75) is 13.5 Å². The van der Waals surface area contributed by atoms with Gasteiger partial charge < -0.3 is 19.9 Å². The van der Waals surface area contributed by atoms with Crippen molar-refractivity contribution in [2.24, 2.45) is 0 Å². The van der Waals surface area contributed by atoms with E-state index in [-0.39, 0.29) is 11.7 Å². The first kappa shape index (κ1) is 19.8. The molecule has 0 atom stereocenters. The molecule has 28 heavy (non-hydrogen) atoms. The molecule has 0 fully saturated rings. The minimum atomic E-state index is -0.297. The van der Waals surface area contributed by atoms with Crippen LogP contribution in [0, 0.1) is 6.92 Å². The van der Waals surface area contributed by atoms with E-state index in [9.17, 15) is 9.90 Å². The lowest BCUT2D eigenvalue weighted by molar-refractivity contribution is 0.102. The fourth-order valence-electron chi connectivity index (χ4n) is 2.58. The summed E-state index contributed by atoms with van der Waals surface area (Å²) in [6.45, 7) is 2.42. The van der Waals surface area contributed by atoms with E-state index in [4.69, 9.17) is 9.47 Å². The van der Waals surface area contributed by atoms with Crippen LogP contribution in [0.5, 0.6) is 17.2 Å². The third kappa shape index (κ3) is 4.84. The normalized spacial score (nSPS) is 10.4. The number of ether oxygens (including phenoxy) is 2. The lowest BCUT2D eigenvalue weighted by Crippen LogP contribution is -2.12. The Kier molecular flexibility index (Phi) is 6.21. The third-order valence-corrected chi connectivity index (χ3v) is 4.71. The molecule has 0 aliphatic rings. The number of carbonyl (C=O) groups is 1. The van der Waals surface area contributed by atoms with Gasteiger partial charge in [-0.15, -0.1) is 0 Å². The molecule has 3 aromatic carbocycles. The van der Waals surface area contributed by atoms with Gasteiger partial charge in [-0.2, -0.15) is 0 Å². The number of hydrogen-bond donors (Lipinski definition) is 2. The number of benzene rings is 3. The maximum atomic E-state index is 12.6. The Labute approximate surface area is 172 Å². The van der Waals surface area contributed by atoms with Crippen LogP contribution in [-0.4, -0.2) is 18.1 Å². The Morgan fingerprint density at radius 2 is 1.75 bits per heavy atom. The van der Waals surface area contributed by atoms with Gasteiger partial charge in [0.15, 0.2) is 11.5 Å². The SMILES string of the molecule is COc1cc(C(=O)Nc2ccc(O)cc2)cc(Br)c1OCc1ccc(C)cc1. The van der Waals surface area contributed by atoms with Crippen LogP contribution in [0.3, 0.4) is 0 Å². The third-order valence-electron chi connectivity index (χ3n) is 4.12. The molecule has 0 saturated heterocycles. The topological polar surface area (TPSA) is 67.8 Å². The van der Waals surface area contributed by atoms with E-state index in [2.05, 4.69) is 21.2 Å². The highest BCUT2D eigenvalue weighted by molar-refractivity contribution is 9.10. The molecule has 0 unspecified atom stereocenters. The number of rotatable bonds is 6. The van der Waals surface area contributed by atoms with E-state index < -0.39 is 0 Å². The van der Waals surface area contributed by atoms with Crippen molar-refractivity contribution in [3.63, 3.8) is 0 Å². The molecule has 3 rings (SSSR count). The maximum Gasteiger partial charge on any atom is 0.255 e. The van der Waals surface area contributed by atoms with Gasteiger partial charge in [0.1, 0.15) is 12.4 Å². The molecule has 5 nitrogen and oxygen atoms in total. The monoisotopic (exact) mass is 441 g/mol. The van der Waals surface area contributed by atoms with Crippen LogP contribution in [0.1, 0.15) is 21.5 Å². The predicted molar refractivity (Wildman–Crippen MR) is 112 cm³/mol. The first-order chi connectivity index (χ1) is 13.5. The van der Waals surface area contributed by atoms with E-state index >= 15 is 0 Å². The van der Waals surface area contributed by atoms with Crippen LogP contribution >= 0.6 is 15.9 Å². The zero-order valence-electron chi connectivity index (χ0n) is 15.5. The molecule has 0 bridgehead atoms. The zero-order chi connectivity index (χ0) is 20.1. The Morgan fingerprint density at radius 1 is 1.07 bits per heavy atom. The highest BCUT2D eigenvalue weighted by Gasteiger charge is 2.16. The second kappa shape index (κ2) is 8.80. The van der Waals surface area contributed by atoms with E-state index in [1.54, 1.807) is 24.3 Å². The second-order valence-electron chi connectivity index (χ2n) is 6.26. The number of amides is 1. The first-order valence-corrected chi connectivity index (χ1v) is 9.42. The molecule has 0 aliphatic carbocycles. The molecule has 3 aromatic rings. The Balaban J connectivity index is 1.77. The summed E-state index contributed by atoms with van der Waals surface area (Å²) >= 11 is 3.47. The molecule has 0 saturated carbocycles. The zero-order valence-corrected chi connectivity index (χ0v) is 17.1. The maximum absolute atomic E-state index is 12.6. The largest absolute Gasteiger partial charge is 0.508 e. The van der Waals surface area contributed by atoms with Gasteiger partial charge in [0.05, 0.1) is 11.6 Å². The lowest BCUT2D eigenvalue weighted by atomic mass is 10.1. The van der Waals surface area contributed by atoms with Crippen molar-refractivity contribution in [3.05, 3.63) is 81.8 Å². The Morgan fingerprint density at radius 3 is 2.39 bits per heavy atom. The average molecular weight is 442 g/mol. The summed E-state index contributed by atoms with van der Waals surface area (Å²) in [6.07, 6.45) is 0. The standard InChI is InChI=1S/C22H20BrNO4/c1-14-3-5-15(6-4-14)13-28-21-19(23)11-16(12-20(21)27-2)22(26)24-17-7-9-18(25)10-8-17/h3-12,25H,13H2,1-2H3,(H,24,26). The van der Waals surface area contributed by atoms with Crippen molar-refractivity contribution >= 4 is 27.5 Å². The summed E-state index contributed by atoms with van der Waals surface area (Å²) in [4.78, 5) is 12.6. The van der Waals surface area contributed by atoms with Gasteiger partial charge in [-0.05, 0) is 64.8 Å². The highest BCUT2D eigenvalue weighted by Crippen LogP contribution is 2.37. The van der Waals surface area contributed by atoms with E-state index in [1.165, 1.54) is 24.8 Å². The molecule has 2 N–H and O–H groups in total. The molecule has 6 heteroatoms. The summed E-state index contributed by atoms with van der Waals surface area (Å²) in [7, 11) is 1.53. The number of carbonyl (C=O) groups excluding carboxylic acids is 1. The van der Waals surface area contributed by atoms with Crippen molar-refractivity contribution < 1.29 is 19.4 Å². The first-order valence-electron chi connectivity index (χ1n) is 8.62. The number of anilines is 1. The minimum absolute atomic E-state index is 0.137. The molecule has 0 aliphatic heterocycles. The fourth-order valence-corrected chi connectivity index (χ4v) is 3.14. The number of phenolic OH excluding ortho intramolecular Hbond substituents is 1. The summed E-state index contributed by atoms with van der Waals surface area (Å²) < 4.78 is 12.0. The van der Waals surface area contributed by atoms with Gasteiger partial charge in [0.2, 0.25) is 0 Å². The minimum Gasteiger partial charge on any atom is -0.508 e. The van der Waals surface area contributed by atoms with Crippen LogP contribution in [0.2, 0.25) is 0 Å². The predicted octanol–water partition coefficient (Wildman–Crippen LogP) is 5.30. The summed E-state index contributed by atoms with van der Waals surface area (Å²) in [5.74, 6) is 0.828. The smallest absolute Gasteiger partial charge is 0.255 e. The van der Waals surface area contributed by atoms with Crippen molar-refractivity contribution in [1.29, 1.82) is 0 Å². The molecule has 0 radical (unpaired) electrons. The summed E-state index contributed by atoms with van der Waals surface area (Å²) in [6, 6.07) is 17.7. The average Bonchev–Trinajstić information content (AvgIpc) is 2.69. The van der Waals surface area contributed by atoms with E-state index in [1.807, 2.05) is 31.2 Å². The van der Waals surface area contributed by atoms with Gasteiger partial charge in [0.25, 0.3) is 5.91 Å². The molecule has 0 aromatic heterocycles. The van der Waals surface area contributed by atoms with Gasteiger partial charge in [-0.3, -0.25) is 4.79 Å². The number of methoxy groups -OCH3 is 1. The molecule has 1 amide bonds. The molecule has 144 valence electrons. The molecule has 0 heterocycles. The molecular formula is C22H20BrNO4. The van der Waals surface area contributed by atoms with Crippen LogP contribution in [-0.2, 0) is 6.61 Å². The van der Waals surface area contributed by atoms with E-state index in [0.717, 1.165) is 5.56 Å². The number of hydrogen-bond acceptors (Lipinski definition) is 4. The van der Waals surface area contributed by atoms with E-state index in [0.29, 0.717) is 33.8 Å². The van der Waals surface area contributed by atoms with Crippen LogP contribution in [0.4, 0.5) is 5.69 Å². The van der Waals surface area contributed by atoms with Crippen molar-refractivity contribution in [1.82, 2.24) is 0 Å². The van der Waals surface area contributed by atoms with Crippen molar-refractivity contribution in [2.75, 3.05) is 12.4 Å². The Bertz CT molecular complexity index is 969. The number of phenols is 1. The fraction of sp³-hybridized carbons (Fsp3) is 0.136. The number of aromatic hydroxyl groups is 1. The number of nitrogens with one attached hydrogen (secondary N) is 1. The second-order valence-corrected chi connectivity index (χ2v) is 7.12.